The van der Waals surface area contributed by atoms with Crippen LogP contribution in [0.3, 0.4) is 0 Å². The number of halogens is 2. The molecule has 2 rings (SSSR count). The monoisotopic (exact) mass is 334 g/mol. The summed E-state index contributed by atoms with van der Waals surface area (Å²) in [7, 11) is 0. The maximum absolute atomic E-state index is 13.3. The molecule has 4 heteroatoms. The number of nitrogen functional groups attached to an aromatic ring is 1. The first-order chi connectivity index (χ1) is 7.66. The molecular weight excluding hydrogens is 318 g/mol. The molecule has 1 saturated carbocycles. The highest BCUT2D eigenvalue weighted by atomic mass is 127. The number of rotatable bonds is 4. The van der Waals surface area contributed by atoms with Crippen LogP contribution < -0.4 is 11.1 Å². The lowest BCUT2D eigenvalue weighted by Gasteiger charge is -2.25. The van der Waals surface area contributed by atoms with Crippen LogP contribution in [-0.2, 0) is 0 Å². The van der Waals surface area contributed by atoms with E-state index in [9.17, 15) is 4.39 Å². The van der Waals surface area contributed by atoms with E-state index in [2.05, 4.69) is 5.32 Å². The van der Waals surface area contributed by atoms with E-state index < -0.39 is 0 Å². The Hall–Kier alpha value is -0.520. The molecule has 0 aliphatic heterocycles. The highest BCUT2D eigenvalue weighted by Crippen LogP contribution is 2.30. The second kappa shape index (κ2) is 5.21. The maximum Gasteiger partial charge on any atom is 0.138 e. The van der Waals surface area contributed by atoms with Crippen LogP contribution in [0.4, 0.5) is 15.8 Å². The molecule has 0 spiro atoms. The molecule has 1 aliphatic rings. The Morgan fingerprint density at radius 1 is 1.44 bits per heavy atom. The van der Waals surface area contributed by atoms with Crippen molar-refractivity contribution in [3.8, 4) is 0 Å². The molecule has 0 aromatic heterocycles. The molecule has 1 aromatic rings. The Morgan fingerprint density at radius 2 is 2.19 bits per heavy atom. The number of hydrogen-bond donors (Lipinski definition) is 2. The summed E-state index contributed by atoms with van der Waals surface area (Å²) in [5.74, 6) is 0.656. The van der Waals surface area contributed by atoms with Crippen molar-refractivity contribution in [2.24, 2.45) is 5.92 Å². The molecule has 0 radical (unpaired) electrons. The summed E-state index contributed by atoms with van der Waals surface area (Å²) >= 11 is 1.95. The van der Waals surface area contributed by atoms with Crippen LogP contribution in [0, 0.1) is 15.3 Å². The van der Waals surface area contributed by atoms with E-state index in [0.717, 1.165) is 24.6 Å². The predicted molar refractivity (Wildman–Crippen MR) is 74.0 cm³/mol. The third kappa shape index (κ3) is 2.78. The lowest BCUT2D eigenvalue weighted by Crippen LogP contribution is -2.16. The van der Waals surface area contributed by atoms with Gasteiger partial charge in [-0.1, -0.05) is 19.3 Å². The van der Waals surface area contributed by atoms with Gasteiger partial charge in [0.25, 0.3) is 0 Å². The average molecular weight is 334 g/mol. The van der Waals surface area contributed by atoms with Gasteiger partial charge < -0.3 is 11.1 Å². The summed E-state index contributed by atoms with van der Waals surface area (Å²) in [4.78, 5) is 0. The third-order valence-corrected chi connectivity index (χ3v) is 4.01. The lowest BCUT2D eigenvalue weighted by atomic mass is 9.83. The highest BCUT2D eigenvalue weighted by Gasteiger charge is 2.16. The van der Waals surface area contributed by atoms with Gasteiger partial charge in [0.2, 0.25) is 0 Å². The highest BCUT2D eigenvalue weighted by molar-refractivity contribution is 14.1. The molecule has 0 bridgehead atoms. The molecule has 2 nitrogen and oxygen atoms in total. The van der Waals surface area contributed by atoms with Crippen LogP contribution in [-0.4, -0.2) is 6.54 Å². The Balaban J connectivity index is 1.90. The zero-order chi connectivity index (χ0) is 11.5. The summed E-state index contributed by atoms with van der Waals surface area (Å²) in [5, 5.41) is 3.21. The van der Waals surface area contributed by atoms with Crippen molar-refractivity contribution in [3.05, 3.63) is 21.5 Å². The average Bonchev–Trinajstić information content (AvgIpc) is 2.17. The second-order valence-electron chi connectivity index (χ2n) is 4.37. The normalized spacial score (nSPS) is 15.9. The second-order valence-corrected chi connectivity index (χ2v) is 5.53. The summed E-state index contributed by atoms with van der Waals surface area (Å²) in [5.41, 5.74) is 7.16. The Kier molecular flexibility index (Phi) is 3.89. The molecular formula is C12H16FIN2. The first-order valence-electron chi connectivity index (χ1n) is 5.65. The Labute approximate surface area is 109 Å². The van der Waals surface area contributed by atoms with E-state index in [1.165, 1.54) is 25.3 Å². The largest absolute Gasteiger partial charge is 0.397 e. The molecule has 1 fully saturated rings. The van der Waals surface area contributed by atoms with Gasteiger partial charge in [0.05, 0.1) is 14.9 Å². The summed E-state index contributed by atoms with van der Waals surface area (Å²) in [6, 6.07) is 3.15. The fourth-order valence-electron chi connectivity index (χ4n) is 1.91. The first kappa shape index (κ1) is 12.0. The van der Waals surface area contributed by atoms with Gasteiger partial charge in [0.15, 0.2) is 0 Å². The van der Waals surface area contributed by atoms with Crippen molar-refractivity contribution in [3.63, 3.8) is 0 Å². The minimum Gasteiger partial charge on any atom is -0.397 e. The predicted octanol–water partition coefficient (Wildman–Crippen LogP) is 3.61. The van der Waals surface area contributed by atoms with Gasteiger partial charge in [-0.25, -0.2) is 4.39 Å². The molecule has 1 aromatic carbocycles. The number of nitrogens with two attached hydrogens (primary N) is 1. The van der Waals surface area contributed by atoms with Crippen LogP contribution >= 0.6 is 22.6 Å². The van der Waals surface area contributed by atoms with E-state index in [1.54, 1.807) is 6.07 Å². The van der Waals surface area contributed by atoms with Gasteiger partial charge in [-0.3, -0.25) is 0 Å². The molecule has 16 heavy (non-hydrogen) atoms. The number of nitrogens with one attached hydrogen (secondary N) is 1. The van der Waals surface area contributed by atoms with Crippen LogP contribution in [0.25, 0.3) is 0 Å². The number of hydrogen-bond acceptors (Lipinski definition) is 2. The number of benzene rings is 1. The minimum absolute atomic E-state index is 0.207. The van der Waals surface area contributed by atoms with Crippen LogP contribution in [0.2, 0.25) is 0 Å². The van der Waals surface area contributed by atoms with E-state index in [-0.39, 0.29) is 5.82 Å². The van der Waals surface area contributed by atoms with Crippen LogP contribution in [0.15, 0.2) is 12.1 Å². The summed E-state index contributed by atoms with van der Waals surface area (Å²) < 4.78 is 13.9. The quantitative estimate of drug-likeness (QED) is 0.652. The van der Waals surface area contributed by atoms with Crippen molar-refractivity contribution in [2.75, 3.05) is 17.6 Å². The van der Waals surface area contributed by atoms with E-state index in [4.69, 9.17) is 5.73 Å². The van der Waals surface area contributed by atoms with E-state index in [1.807, 2.05) is 22.6 Å². The van der Waals surface area contributed by atoms with Gasteiger partial charge in [-0.05, 0) is 41.0 Å². The Morgan fingerprint density at radius 3 is 2.81 bits per heavy atom. The molecule has 0 amide bonds. The van der Waals surface area contributed by atoms with Crippen LogP contribution in [0.5, 0.6) is 0 Å². The van der Waals surface area contributed by atoms with Gasteiger partial charge in [0, 0.05) is 12.6 Å². The van der Waals surface area contributed by atoms with Gasteiger partial charge in [-0.15, -0.1) is 0 Å². The summed E-state index contributed by atoms with van der Waals surface area (Å²) in [6.07, 6.45) is 5.22. The smallest absolute Gasteiger partial charge is 0.138 e. The molecule has 88 valence electrons. The first-order valence-corrected chi connectivity index (χ1v) is 6.73. The van der Waals surface area contributed by atoms with E-state index in [0.29, 0.717) is 9.26 Å². The molecule has 0 unspecified atom stereocenters. The van der Waals surface area contributed by atoms with Crippen molar-refractivity contribution >= 4 is 34.0 Å². The molecule has 1 aliphatic carbocycles. The third-order valence-electron chi connectivity index (χ3n) is 3.19. The standard InChI is InChI=1S/C12H16FIN2/c13-9-6-12(11(15)7-10(9)14)16-5-4-8-2-1-3-8/h6-8,16H,1-5,15H2. The topological polar surface area (TPSA) is 38.0 Å². The number of anilines is 2. The molecule has 0 atom stereocenters. The molecule has 0 heterocycles. The lowest BCUT2D eigenvalue weighted by molar-refractivity contribution is 0.303. The summed E-state index contributed by atoms with van der Waals surface area (Å²) in [6.45, 7) is 0.884. The van der Waals surface area contributed by atoms with Gasteiger partial charge >= 0.3 is 0 Å². The van der Waals surface area contributed by atoms with Gasteiger partial charge in [0.1, 0.15) is 5.82 Å². The zero-order valence-corrected chi connectivity index (χ0v) is 11.3. The fraction of sp³-hybridized carbons (Fsp3) is 0.500. The van der Waals surface area contributed by atoms with Crippen LogP contribution in [0.1, 0.15) is 25.7 Å². The molecule has 3 N–H and O–H groups in total. The van der Waals surface area contributed by atoms with Gasteiger partial charge in [-0.2, -0.15) is 0 Å². The van der Waals surface area contributed by atoms with Crippen molar-refractivity contribution in [1.82, 2.24) is 0 Å². The SMILES string of the molecule is Nc1cc(I)c(F)cc1NCCC1CCC1. The Bertz CT molecular complexity index is 378. The fourth-order valence-corrected chi connectivity index (χ4v) is 2.40. The van der Waals surface area contributed by atoms with Crippen molar-refractivity contribution in [2.45, 2.75) is 25.7 Å². The maximum atomic E-state index is 13.3. The molecule has 0 saturated heterocycles. The van der Waals surface area contributed by atoms with Crippen molar-refractivity contribution in [1.29, 1.82) is 0 Å². The van der Waals surface area contributed by atoms with Crippen molar-refractivity contribution < 1.29 is 4.39 Å². The minimum atomic E-state index is -0.207. The van der Waals surface area contributed by atoms with E-state index >= 15 is 0 Å². The zero-order valence-electron chi connectivity index (χ0n) is 9.10.